The molecule has 7 nitrogen and oxygen atoms in total. The van der Waals surface area contributed by atoms with Gasteiger partial charge < -0.3 is 10.1 Å². The third-order valence-corrected chi connectivity index (χ3v) is 4.96. The highest BCUT2D eigenvalue weighted by atomic mass is 16.5. The van der Waals surface area contributed by atoms with Gasteiger partial charge in [0, 0.05) is 37.4 Å². The van der Waals surface area contributed by atoms with Crippen LogP contribution in [-0.4, -0.2) is 38.1 Å². The Labute approximate surface area is 152 Å². The van der Waals surface area contributed by atoms with Crippen LogP contribution >= 0.6 is 0 Å². The second-order valence-electron chi connectivity index (χ2n) is 6.82. The quantitative estimate of drug-likeness (QED) is 0.713. The van der Waals surface area contributed by atoms with Crippen molar-refractivity contribution < 1.29 is 4.74 Å². The molecule has 1 aliphatic rings. The Morgan fingerprint density at radius 2 is 2.35 bits per heavy atom. The molecule has 1 aromatic carbocycles. The summed E-state index contributed by atoms with van der Waals surface area (Å²) in [5.41, 5.74) is 4.66. The summed E-state index contributed by atoms with van der Waals surface area (Å²) in [5, 5.41) is 14.8. The molecule has 136 valence electrons. The molecule has 0 unspecified atom stereocenters. The van der Waals surface area contributed by atoms with E-state index in [-0.39, 0.29) is 6.10 Å². The molecule has 0 bridgehead atoms. The number of ether oxygens (including phenoxy) is 1. The van der Waals surface area contributed by atoms with E-state index in [4.69, 9.17) is 4.74 Å². The minimum absolute atomic E-state index is 0.131. The lowest BCUT2D eigenvalue weighted by atomic mass is 9.91. The zero-order valence-electron chi connectivity index (χ0n) is 14.9. The van der Waals surface area contributed by atoms with Gasteiger partial charge in [-0.25, -0.2) is 9.67 Å². The molecular formula is C19H24N6O. The van der Waals surface area contributed by atoms with Crippen LogP contribution in [0.5, 0.6) is 0 Å². The summed E-state index contributed by atoms with van der Waals surface area (Å²) in [7, 11) is 0. The average molecular weight is 352 g/mol. The monoisotopic (exact) mass is 352 g/mol. The van der Waals surface area contributed by atoms with Crippen molar-refractivity contribution in [3.63, 3.8) is 0 Å². The Hall–Kier alpha value is -2.51. The van der Waals surface area contributed by atoms with E-state index in [1.807, 2.05) is 12.4 Å². The Balaban J connectivity index is 1.36. The molecule has 3 aromatic rings. The number of benzene rings is 1. The Bertz CT molecular complexity index is 815. The maximum Gasteiger partial charge on any atom is 0.138 e. The highest BCUT2D eigenvalue weighted by Crippen LogP contribution is 2.32. The summed E-state index contributed by atoms with van der Waals surface area (Å²) in [5.74, 6) is 0.469. The van der Waals surface area contributed by atoms with Crippen LogP contribution in [0.2, 0.25) is 0 Å². The number of hydrogen-bond acceptors (Lipinski definition) is 5. The minimum Gasteiger partial charge on any atom is -0.373 e. The Morgan fingerprint density at radius 1 is 1.38 bits per heavy atom. The third kappa shape index (κ3) is 3.68. The van der Waals surface area contributed by atoms with Crippen molar-refractivity contribution in [2.45, 2.75) is 32.4 Å². The van der Waals surface area contributed by atoms with E-state index in [1.165, 1.54) is 17.5 Å². The second kappa shape index (κ2) is 7.80. The van der Waals surface area contributed by atoms with Gasteiger partial charge in [-0.15, -0.1) is 0 Å². The lowest BCUT2D eigenvalue weighted by Gasteiger charge is -2.31. The third-order valence-electron chi connectivity index (χ3n) is 4.96. The van der Waals surface area contributed by atoms with Crippen LogP contribution < -0.4 is 5.32 Å². The lowest BCUT2D eigenvalue weighted by molar-refractivity contribution is -0.0278. The van der Waals surface area contributed by atoms with Gasteiger partial charge >= 0.3 is 0 Å². The number of aromatic nitrogens is 5. The summed E-state index contributed by atoms with van der Waals surface area (Å²) < 4.78 is 7.79. The SMILES string of the molecule is Cc1cc(CNC[C@@H]2CCCO[C@H]2c2cn[nH]c2)ccc1-n1cncn1. The van der Waals surface area contributed by atoms with Crippen LogP contribution in [0.1, 0.15) is 35.6 Å². The van der Waals surface area contributed by atoms with Crippen molar-refractivity contribution in [2.75, 3.05) is 13.2 Å². The molecule has 1 saturated heterocycles. The van der Waals surface area contributed by atoms with E-state index in [0.29, 0.717) is 5.92 Å². The zero-order chi connectivity index (χ0) is 17.8. The number of H-pyrrole nitrogens is 1. The average Bonchev–Trinajstić information content (AvgIpc) is 3.36. The van der Waals surface area contributed by atoms with Gasteiger partial charge in [0.25, 0.3) is 0 Å². The van der Waals surface area contributed by atoms with Gasteiger partial charge in [-0.3, -0.25) is 5.10 Å². The van der Waals surface area contributed by atoms with Crippen molar-refractivity contribution in [3.05, 3.63) is 59.9 Å². The predicted molar refractivity (Wildman–Crippen MR) is 97.8 cm³/mol. The van der Waals surface area contributed by atoms with Gasteiger partial charge in [-0.2, -0.15) is 10.2 Å². The lowest BCUT2D eigenvalue weighted by Crippen LogP contribution is -2.31. The molecule has 2 aromatic heterocycles. The summed E-state index contributed by atoms with van der Waals surface area (Å²) in [6, 6.07) is 6.44. The van der Waals surface area contributed by atoms with Crippen LogP contribution in [0.3, 0.4) is 0 Å². The first-order valence-corrected chi connectivity index (χ1v) is 9.07. The fourth-order valence-electron chi connectivity index (χ4n) is 3.66. The van der Waals surface area contributed by atoms with Gasteiger partial charge in [0.05, 0.1) is 18.0 Å². The molecule has 2 N–H and O–H groups in total. The van der Waals surface area contributed by atoms with Crippen molar-refractivity contribution >= 4 is 0 Å². The largest absolute Gasteiger partial charge is 0.373 e. The first kappa shape index (κ1) is 16.9. The van der Waals surface area contributed by atoms with E-state index < -0.39 is 0 Å². The van der Waals surface area contributed by atoms with Crippen molar-refractivity contribution in [1.82, 2.24) is 30.3 Å². The summed E-state index contributed by atoms with van der Waals surface area (Å²) in [6.45, 7) is 4.70. The van der Waals surface area contributed by atoms with E-state index in [1.54, 1.807) is 17.3 Å². The van der Waals surface area contributed by atoms with E-state index >= 15 is 0 Å². The van der Waals surface area contributed by atoms with Crippen molar-refractivity contribution in [2.24, 2.45) is 5.92 Å². The number of rotatable bonds is 6. The topological polar surface area (TPSA) is 80.6 Å². The van der Waals surface area contributed by atoms with Gasteiger partial charge in [-0.05, 0) is 37.0 Å². The van der Waals surface area contributed by atoms with Gasteiger partial charge in [-0.1, -0.05) is 12.1 Å². The number of nitrogens with one attached hydrogen (secondary N) is 2. The van der Waals surface area contributed by atoms with Crippen molar-refractivity contribution in [1.29, 1.82) is 0 Å². The second-order valence-corrected chi connectivity index (χ2v) is 6.82. The van der Waals surface area contributed by atoms with Crippen LogP contribution in [0.4, 0.5) is 0 Å². The van der Waals surface area contributed by atoms with E-state index in [2.05, 4.69) is 50.7 Å². The van der Waals surface area contributed by atoms with Crippen LogP contribution in [0.25, 0.3) is 5.69 Å². The van der Waals surface area contributed by atoms with Crippen LogP contribution in [0, 0.1) is 12.8 Å². The molecule has 0 amide bonds. The number of nitrogens with zero attached hydrogens (tertiary/aromatic N) is 4. The minimum atomic E-state index is 0.131. The molecule has 7 heteroatoms. The maximum absolute atomic E-state index is 6.00. The summed E-state index contributed by atoms with van der Waals surface area (Å²) >= 11 is 0. The summed E-state index contributed by atoms with van der Waals surface area (Å²) in [6.07, 6.45) is 9.51. The normalized spacial score (nSPS) is 20.3. The standard InChI is InChI=1S/C19H24N6O/c1-14-7-15(4-5-18(14)25-13-21-12-24-25)8-20-9-16-3-2-6-26-19(16)17-10-22-23-11-17/h4-5,7,10-13,16,19-20H,2-3,6,8-9H2,1H3,(H,22,23)/t16-,19+/m0/s1. The first-order chi connectivity index (χ1) is 12.8. The fourth-order valence-corrected chi connectivity index (χ4v) is 3.66. The Kier molecular flexibility index (Phi) is 5.08. The molecule has 3 heterocycles. The summed E-state index contributed by atoms with van der Waals surface area (Å²) in [4.78, 5) is 4.01. The molecule has 2 atom stereocenters. The molecular weight excluding hydrogens is 328 g/mol. The fraction of sp³-hybridized carbons (Fsp3) is 0.421. The smallest absolute Gasteiger partial charge is 0.138 e. The highest BCUT2D eigenvalue weighted by molar-refractivity contribution is 5.41. The molecule has 4 rings (SSSR count). The van der Waals surface area contributed by atoms with Crippen molar-refractivity contribution in [3.8, 4) is 5.69 Å². The number of aryl methyl sites for hydroxylation is 1. The molecule has 0 aliphatic carbocycles. The molecule has 0 spiro atoms. The molecule has 0 saturated carbocycles. The van der Waals surface area contributed by atoms with E-state index in [0.717, 1.165) is 37.4 Å². The van der Waals surface area contributed by atoms with E-state index in [9.17, 15) is 0 Å². The first-order valence-electron chi connectivity index (χ1n) is 9.07. The number of hydrogen-bond donors (Lipinski definition) is 2. The van der Waals surface area contributed by atoms with Gasteiger partial charge in [0.1, 0.15) is 12.7 Å². The maximum atomic E-state index is 6.00. The number of aromatic amines is 1. The van der Waals surface area contributed by atoms with Crippen LogP contribution in [-0.2, 0) is 11.3 Å². The molecule has 1 fully saturated rings. The molecule has 26 heavy (non-hydrogen) atoms. The molecule has 0 radical (unpaired) electrons. The molecule has 1 aliphatic heterocycles. The van der Waals surface area contributed by atoms with Gasteiger partial charge in [0.2, 0.25) is 0 Å². The van der Waals surface area contributed by atoms with Crippen LogP contribution in [0.15, 0.2) is 43.2 Å². The Morgan fingerprint density at radius 3 is 3.12 bits per heavy atom. The predicted octanol–water partition coefficient (Wildman–Crippen LogP) is 2.56. The van der Waals surface area contributed by atoms with Gasteiger partial charge in [0.15, 0.2) is 0 Å². The highest BCUT2D eigenvalue weighted by Gasteiger charge is 2.27. The zero-order valence-corrected chi connectivity index (χ0v) is 14.9.